The predicted octanol–water partition coefficient (Wildman–Crippen LogP) is 15.8. The van der Waals surface area contributed by atoms with Crippen LogP contribution in [-0.2, 0) is 0 Å². The Balaban J connectivity index is 0.913. The van der Waals surface area contributed by atoms with Gasteiger partial charge in [-0.25, -0.2) is 15.0 Å². The zero-order valence-corrected chi connectivity index (χ0v) is 36.0. The minimum atomic E-state index is 0.609. The normalized spacial score (nSPS) is 11.9. The Morgan fingerprint density at radius 1 is 0.343 bits per heavy atom. The van der Waals surface area contributed by atoms with Gasteiger partial charge >= 0.3 is 0 Å². The smallest absolute Gasteiger partial charge is 0.235 e. The molecule has 4 heterocycles. The van der Waals surface area contributed by atoms with Crippen LogP contribution >= 0.6 is 0 Å². The van der Waals surface area contributed by atoms with Crippen LogP contribution in [0.25, 0.3) is 133 Å². The number of benzene rings is 10. The molecule has 4 aromatic heterocycles. The standard InChI is InChI=1S/C61H37N5O/c1-3-15-41(16-4-1)60-62-53-33-32-48-51-37-43(30-34-55(51)65(58(48)59(53)67-60)44-18-5-2-6-19-44)42-31-35-56-50(36-42)47-21-10-12-25-54(47)66(56)61-63-52-24-11-9-22-49(52)57(64-61)40-28-26-39(27-29-40)46-23-13-17-38-14-7-8-20-45(38)46/h1-37H. The van der Waals surface area contributed by atoms with Crippen molar-refractivity contribution in [3.05, 3.63) is 224 Å². The number of nitrogens with zero attached hydrogens (tertiary/aromatic N) is 5. The van der Waals surface area contributed by atoms with Crippen LogP contribution in [-0.4, -0.2) is 24.1 Å². The third-order valence-electron chi connectivity index (χ3n) is 13.4. The van der Waals surface area contributed by atoms with Gasteiger partial charge in [-0.05, 0) is 106 Å². The molecule has 6 nitrogen and oxygen atoms in total. The summed E-state index contributed by atoms with van der Waals surface area (Å²) < 4.78 is 11.2. The highest BCUT2D eigenvalue weighted by Crippen LogP contribution is 2.42. The molecule has 0 saturated heterocycles. The first kappa shape index (κ1) is 37.3. The Labute approximate surface area is 384 Å². The monoisotopic (exact) mass is 855 g/mol. The van der Waals surface area contributed by atoms with Crippen LogP contribution in [0, 0.1) is 0 Å². The van der Waals surface area contributed by atoms with E-state index < -0.39 is 0 Å². The SMILES string of the molecule is c1ccc(-c2nc3ccc4c5cc(-c6ccc7c(c6)c6ccccc6n7-c6nc(-c7ccc(-c8cccc9ccccc89)cc7)c7ccccc7n6)ccc5n(-c5ccccc5)c4c3o2)cc1. The third-order valence-corrected chi connectivity index (χ3v) is 13.4. The van der Waals surface area contributed by atoms with Gasteiger partial charge in [-0.2, -0.15) is 0 Å². The van der Waals surface area contributed by atoms with E-state index in [9.17, 15) is 0 Å². The minimum Gasteiger partial charge on any atom is -0.434 e. The molecule has 0 radical (unpaired) electrons. The van der Waals surface area contributed by atoms with E-state index in [-0.39, 0.29) is 0 Å². The zero-order valence-electron chi connectivity index (χ0n) is 36.0. The van der Waals surface area contributed by atoms with Gasteiger partial charge in [0.25, 0.3) is 0 Å². The minimum absolute atomic E-state index is 0.609. The van der Waals surface area contributed by atoms with Crippen LogP contribution < -0.4 is 0 Å². The van der Waals surface area contributed by atoms with Crippen LogP contribution in [0.5, 0.6) is 0 Å². The van der Waals surface area contributed by atoms with Gasteiger partial charge in [0.15, 0.2) is 5.58 Å². The van der Waals surface area contributed by atoms with Gasteiger partial charge in [-0.15, -0.1) is 0 Å². The van der Waals surface area contributed by atoms with Crippen molar-refractivity contribution in [3.63, 3.8) is 0 Å². The van der Waals surface area contributed by atoms with Crippen molar-refractivity contribution in [2.75, 3.05) is 0 Å². The van der Waals surface area contributed by atoms with Crippen LogP contribution in [0.2, 0.25) is 0 Å². The van der Waals surface area contributed by atoms with Crippen molar-refractivity contribution in [2.45, 2.75) is 0 Å². The summed E-state index contributed by atoms with van der Waals surface area (Å²) in [7, 11) is 0. The lowest BCUT2D eigenvalue weighted by atomic mass is 9.96. The number of oxazole rings is 1. The average Bonchev–Trinajstić information content (AvgIpc) is 4.09. The van der Waals surface area contributed by atoms with E-state index in [4.69, 9.17) is 19.4 Å². The second-order valence-corrected chi connectivity index (χ2v) is 17.2. The molecule has 67 heavy (non-hydrogen) atoms. The molecule has 0 saturated carbocycles. The van der Waals surface area contributed by atoms with E-state index in [0.29, 0.717) is 11.8 Å². The van der Waals surface area contributed by atoms with Crippen LogP contribution in [0.1, 0.15) is 0 Å². The Bertz CT molecular complexity index is 4250. The molecule has 10 aromatic carbocycles. The van der Waals surface area contributed by atoms with Gasteiger partial charge in [0.2, 0.25) is 11.8 Å². The molecule has 6 heteroatoms. The van der Waals surface area contributed by atoms with Crippen molar-refractivity contribution in [1.82, 2.24) is 24.1 Å². The first-order valence-corrected chi connectivity index (χ1v) is 22.6. The molecule has 0 spiro atoms. The Morgan fingerprint density at radius 3 is 1.76 bits per heavy atom. The molecule has 0 aliphatic rings. The zero-order chi connectivity index (χ0) is 44.0. The summed E-state index contributed by atoms with van der Waals surface area (Å²) >= 11 is 0. The van der Waals surface area contributed by atoms with Gasteiger partial charge in [-0.1, -0.05) is 152 Å². The van der Waals surface area contributed by atoms with Crippen molar-refractivity contribution in [3.8, 4) is 56.6 Å². The number of hydrogen-bond acceptors (Lipinski definition) is 4. The third kappa shape index (κ3) is 5.86. The predicted molar refractivity (Wildman–Crippen MR) is 275 cm³/mol. The molecule has 0 bridgehead atoms. The number of fused-ring (bicyclic) bond motifs is 10. The second kappa shape index (κ2) is 14.7. The summed E-state index contributed by atoms with van der Waals surface area (Å²) in [5.41, 5.74) is 15.3. The number of hydrogen-bond donors (Lipinski definition) is 0. The van der Waals surface area contributed by atoms with E-state index in [0.717, 1.165) is 99.2 Å². The largest absolute Gasteiger partial charge is 0.434 e. The summed E-state index contributed by atoms with van der Waals surface area (Å²) in [4.78, 5) is 15.6. The molecule has 0 N–H and O–H groups in total. The molecule has 14 aromatic rings. The lowest BCUT2D eigenvalue weighted by Crippen LogP contribution is -2.03. The van der Waals surface area contributed by atoms with E-state index in [2.05, 4.69) is 203 Å². The molecule has 0 aliphatic heterocycles. The van der Waals surface area contributed by atoms with Crippen LogP contribution in [0.3, 0.4) is 0 Å². The molecule has 312 valence electrons. The Hall–Kier alpha value is -9.13. The highest BCUT2D eigenvalue weighted by molar-refractivity contribution is 6.18. The fraction of sp³-hybridized carbons (Fsp3) is 0. The van der Waals surface area contributed by atoms with Gasteiger partial charge in [0.05, 0.1) is 33.3 Å². The number of para-hydroxylation sites is 3. The maximum Gasteiger partial charge on any atom is 0.235 e. The molecule has 0 aliphatic carbocycles. The first-order chi connectivity index (χ1) is 33.2. The fourth-order valence-corrected chi connectivity index (χ4v) is 10.3. The first-order valence-electron chi connectivity index (χ1n) is 22.6. The van der Waals surface area contributed by atoms with Crippen LogP contribution in [0.4, 0.5) is 0 Å². The van der Waals surface area contributed by atoms with E-state index in [1.54, 1.807) is 0 Å². The second-order valence-electron chi connectivity index (χ2n) is 17.2. The molecule has 0 amide bonds. The van der Waals surface area contributed by atoms with Crippen molar-refractivity contribution < 1.29 is 4.42 Å². The van der Waals surface area contributed by atoms with Crippen LogP contribution in [0.15, 0.2) is 229 Å². The van der Waals surface area contributed by atoms with Crippen molar-refractivity contribution >= 4 is 76.4 Å². The van der Waals surface area contributed by atoms with Crippen molar-refractivity contribution in [2.24, 2.45) is 0 Å². The molecular weight excluding hydrogens is 819 g/mol. The van der Waals surface area contributed by atoms with Gasteiger partial charge in [0, 0.05) is 43.7 Å². The average molecular weight is 856 g/mol. The number of rotatable bonds is 6. The molecular formula is C61H37N5O. The molecule has 0 atom stereocenters. The lowest BCUT2D eigenvalue weighted by molar-refractivity contribution is 0.622. The summed E-state index contributed by atoms with van der Waals surface area (Å²) in [5.74, 6) is 1.24. The maximum atomic E-state index is 6.65. The Kier molecular flexibility index (Phi) is 8.18. The maximum absolute atomic E-state index is 6.65. The summed E-state index contributed by atoms with van der Waals surface area (Å²) in [6, 6.07) is 79.2. The summed E-state index contributed by atoms with van der Waals surface area (Å²) in [5, 5.41) is 8.00. The molecule has 0 unspecified atom stereocenters. The summed E-state index contributed by atoms with van der Waals surface area (Å²) in [6.07, 6.45) is 0. The molecule has 14 rings (SSSR count). The van der Waals surface area contributed by atoms with Gasteiger partial charge in [-0.3, -0.25) is 4.57 Å². The lowest BCUT2D eigenvalue weighted by Gasteiger charge is -2.13. The molecule has 0 fully saturated rings. The fourth-order valence-electron chi connectivity index (χ4n) is 10.3. The van der Waals surface area contributed by atoms with E-state index in [1.807, 2.05) is 30.3 Å². The van der Waals surface area contributed by atoms with Gasteiger partial charge in [0.1, 0.15) is 5.52 Å². The van der Waals surface area contributed by atoms with Crippen molar-refractivity contribution in [1.29, 1.82) is 0 Å². The van der Waals surface area contributed by atoms with E-state index in [1.165, 1.54) is 21.9 Å². The highest BCUT2D eigenvalue weighted by atomic mass is 16.3. The topological polar surface area (TPSA) is 61.7 Å². The Morgan fingerprint density at radius 2 is 0.955 bits per heavy atom. The van der Waals surface area contributed by atoms with Gasteiger partial charge < -0.3 is 8.98 Å². The quantitative estimate of drug-likeness (QED) is 0.167. The van der Waals surface area contributed by atoms with E-state index >= 15 is 0 Å². The highest BCUT2D eigenvalue weighted by Gasteiger charge is 2.22. The summed E-state index contributed by atoms with van der Waals surface area (Å²) in [6.45, 7) is 0. The number of aromatic nitrogens is 5.